The lowest BCUT2D eigenvalue weighted by Crippen LogP contribution is -2.08. The summed E-state index contributed by atoms with van der Waals surface area (Å²) in [5.41, 5.74) is 2.90. The summed E-state index contributed by atoms with van der Waals surface area (Å²) in [7, 11) is 0. The van der Waals surface area contributed by atoms with Crippen LogP contribution in [-0.4, -0.2) is 22.8 Å². The second-order valence-electron chi connectivity index (χ2n) is 5.60. The minimum absolute atomic E-state index is 0.332. The van der Waals surface area contributed by atoms with E-state index in [9.17, 15) is 5.11 Å². The fourth-order valence-corrected chi connectivity index (χ4v) is 2.99. The lowest BCUT2D eigenvalue weighted by molar-refractivity contribution is 0.0815. The van der Waals surface area contributed by atoms with Crippen LogP contribution in [0.3, 0.4) is 0 Å². The Bertz CT molecular complexity index is 591. The van der Waals surface area contributed by atoms with E-state index in [1.54, 1.807) is 0 Å². The van der Waals surface area contributed by atoms with Crippen molar-refractivity contribution in [2.75, 3.05) is 6.61 Å². The van der Waals surface area contributed by atoms with Crippen molar-refractivity contribution < 1.29 is 9.84 Å². The van der Waals surface area contributed by atoms with Gasteiger partial charge in [0.15, 0.2) is 0 Å². The molecule has 1 aliphatic rings. The molecule has 2 heterocycles. The highest BCUT2D eigenvalue weighted by Crippen LogP contribution is 2.29. The van der Waals surface area contributed by atoms with Gasteiger partial charge >= 0.3 is 0 Å². The van der Waals surface area contributed by atoms with Gasteiger partial charge in [0.25, 0.3) is 0 Å². The minimum atomic E-state index is -0.439. The first-order chi connectivity index (χ1) is 9.74. The Morgan fingerprint density at radius 2 is 2.25 bits per heavy atom. The summed E-state index contributed by atoms with van der Waals surface area (Å²) in [6.45, 7) is 2.85. The molecule has 20 heavy (non-hydrogen) atoms. The standard InChI is InChI=1S/C17H21NO2/c1-12-11-15(14-6-2-3-7-16(14)18-12)17(19)9-8-13-5-4-10-20-13/h2-3,6-7,11,13,17,19H,4-5,8-10H2,1H3. The van der Waals surface area contributed by atoms with Crippen molar-refractivity contribution in [2.45, 2.75) is 44.8 Å². The topological polar surface area (TPSA) is 42.4 Å². The van der Waals surface area contributed by atoms with Gasteiger partial charge in [0.05, 0.1) is 17.7 Å². The molecule has 1 aromatic carbocycles. The molecule has 1 aromatic heterocycles. The van der Waals surface area contributed by atoms with Gasteiger partial charge in [-0.3, -0.25) is 4.98 Å². The molecule has 0 amide bonds. The fraction of sp³-hybridized carbons (Fsp3) is 0.471. The highest BCUT2D eigenvalue weighted by atomic mass is 16.5. The van der Waals surface area contributed by atoms with Crippen molar-refractivity contribution in [3.63, 3.8) is 0 Å². The number of rotatable bonds is 4. The first-order valence-corrected chi connectivity index (χ1v) is 7.40. The number of aromatic nitrogens is 1. The third-order valence-corrected chi connectivity index (χ3v) is 4.02. The van der Waals surface area contributed by atoms with Crippen molar-refractivity contribution in [3.8, 4) is 0 Å². The van der Waals surface area contributed by atoms with Crippen molar-refractivity contribution in [1.29, 1.82) is 0 Å². The highest BCUT2D eigenvalue weighted by Gasteiger charge is 2.19. The molecule has 3 heteroatoms. The number of hydrogen-bond acceptors (Lipinski definition) is 3. The molecule has 1 N–H and O–H groups in total. The molecule has 2 atom stereocenters. The van der Waals surface area contributed by atoms with E-state index >= 15 is 0 Å². The molecular formula is C17H21NO2. The molecule has 106 valence electrons. The molecule has 1 aliphatic heterocycles. The monoisotopic (exact) mass is 271 g/mol. The molecule has 3 rings (SSSR count). The van der Waals surface area contributed by atoms with Crippen LogP contribution in [0.1, 0.15) is 43.0 Å². The molecule has 0 spiro atoms. The number of ether oxygens (including phenoxy) is 1. The van der Waals surface area contributed by atoms with Gasteiger partial charge in [-0.05, 0) is 50.3 Å². The zero-order valence-corrected chi connectivity index (χ0v) is 11.9. The van der Waals surface area contributed by atoms with Crippen LogP contribution in [0, 0.1) is 6.92 Å². The summed E-state index contributed by atoms with van der Waals surface area (Å²) in [6, 6.07) is 10.0. The van der Waals surface area contributed by atoms with Gasteiger partial charge in [-0.2, -0.15) is 0 Å². The van der Waals surface area contributed by atoms with Crippen LogP contribution in [-0.2, 0) is 4.74 Å². The summed E-state index contributed by atoms with van der Waals surface area (Å²) in [4.78, 5) is 4.52. The Hall–Kier alpha value is -1.45. The number of aliphatic hydroxyl groups is 1. The molecule has 0 saturated carbocycles. The maximum absolute atomic E-state index is 10.5. The molecule has 1 fully saturated rings. The van der Waals surface area contributed by atoms with E-state index in [-0.39, 0.29) is 0 Å². The average molecular weight is 271 g/mol. The van der Waals surface area contributed by atoms with Crippen molar-refractivity contribution in [3.05, 3.63) is 41.6 Å². The van der Waals surface area contributed by atoms with Crippen LogP contribution >= 0.6 is 0 Å². The first-order valence-electron chi connectivity index (χ1n) is 7.40. The molecule has 2 aromatic rings. The second-order valence-corrected chi connectivity index (χ2v) is 5.60. The lowest BCUT2D eigenvalue weighted by Gasteiger charge is -2.16. The number of hydrogen-bond donors (Lipinski definition) is 1. The fourth-order valence-electron chi connectivity index (χ4n) is 2.99. The maximum atomic E-state index is 10.5. The summed E-state index contributed by atoms with van der Waals surface area (Å²) < 4.78 is 5.63. The van der Waals surface area contributed by atoms with Crippen LogP contribution < -0.4 is 0 Å². The Morgan fingerprint density at radius 1 is 1.40 bits per heavy atom. The quantitative estimate of drug-likeness (QED) is 0.925. The Morgan fingerprint density at radius 3 is 3.05 bits per heavy atom. The molecule has 0 bridgehead atoms. The number of aryl methyl sites for hydroxylation is 1. The molecule has 2 unspecified atom stereocenters. The van der Waals surface area contributed by atoms with Crippen LogP contribution in [0.15, 0.2) is 30.3 Å². The van der Waals surface area contributed by atoms with Crippen LogP contribution in [0.25, 0.3) is 10.9 Å². The summed E-state index contributed by atoms with van der Waals surface area (Å²) in [6.07, 6.45) is 3.85. The van der Waals surface area contributed by atoms with Crippen LogP contribution in [0.2, 0.25) is 0 Å². The predicted molar refractivity (Wildman–Crippen MR) is 79.6 cm³/mol. The summed E-state index contributed by atoms with van der Waals surface area (Å²) >= 11 is 0. The normalized spacial score (nSPS) is 20.4. The van der Waals surface area contributed by atoms with Crippen molar-refractivity contribution in [1.82, 2.24) is 4.98 Å². The van der Waals surface area contributed by atoms with E-state index in [4.69, 9.17) is 4.74 Å². The van der Waals surface area contributed by atoms with Gasteiger partial charge < -0.3 is 9.84 Å². The molecule has 1 saturated heterocycles. The van der Waals surface area contributed by atoms with E-state index in [1.807, 2.05) is 37.3 Å². The van der Waals surface area contributed by atoms with E-state index < -0.39 is 6.10 Å². The number of benzene rings is 1. The first kappa shape index (κ1) is 13.5. The van der Waals surface area contributed by atoms with Crippen molar-refractivity contribution in [2.24, 2.45) is 0 Å². The molecule has 0 aliphatic carbocycles. The molecule has 3 nitrogen and oxygen atoms in total. The molecular weight excluding hydrogens is 250 g/mol. The summed E-state index contributed by atoms with van der Waals surface area (Å²) in [5, 5.41) is 11.6. The number of para-hydroxylation sites is 1. The van der Waals surface area contributed by atoms with Gasteiger partial charge in [0.1, 0.15) is 0 Å². The van der Waals surface area contributed by atoms with Gasteiger partial charge in [0.2, 0.25) is 0 Å². The van der Waals surface area contributed by atoms with Gasteiger partial charge in [-0.15, -0.1) is 0 Å². The maximum Gasteiger partial charge on any atom is 0.0798 e. The number of aliphatic hydroxyl groups excluding tert-OH is 1. The van der Waals surface area contributed by atoms with E-state index in [0.29, 0.717) is 6.10 Å². The third kappa shape index (κ3) is 2.84. The third-order valence-electron chi connectivity index (χ3n) is 4.02. The van der Waals surface area contributed by atoms with Gasteiger partial charge in [-0.1, -0.05) is 18.2 Å². The van der Waals surface area contributed by atoms with E-state index in [1.165, 1.54) is 0 Å². The zero-order chi connectivity index (χ0) is 13.9. The largest absolute Gasteiger partial charge is 0.388 e. The van der Waals surface area contributed by atoms with Gasteiger partial charge in [-0.25, -0.2) is 0 Å². The van der Waals surface area contributed by atoms with E-state index in [2.05, 4.69) is 4.98 Å². The molecule has 0 radical (unpaired) electrons. The minimum Gasteiger partial charge on any atom is -0.388 e. The zero-order valence-electron chi connectivity index (χ0n) is 11.9. The number of nitrogens with zero attached hydrogens (tertiary/aromatic N) is 1. The predicted octanol–water partition coefficient (Wildman–Crippen LogP) is 3.54. The Balaban J connectivity index is 1.81. The smallest absolute Gasteiger partial charge is 0.0798 e. The van der Waals surface area contributed by atoms with Gasteiger partial charge in [0, 0.05) is 17.7 Å². The Labute approximate surface area is 119 Å². The number of pyridine rings is 1. The number of fused-ring (bicyclic) bond motifs is 1. The summed E-state index contributed by atoms with van der Waals surface area (Å²) in [5.74, 6) is 0. The average Bonchev–Trinajstić information content (AvgIpc) is 2.97. The van der Waals surface area contributed by atoms with Crippen LogP contribution in [0.4, 0.5) is 0 Å². The highest BCUT2D eigenvalue weighted by molar-refractivity contribution is 5.82. The SMILES string of the molecule is Cc1cc(C(O)CCC2CCCO2)c2ccccc2n1. The van der Waals surface area contributed by atoms with Crippen LogP contribution in [0.5, 0.6) is 0 Å². The van der Waals surface area contributed by atoms with E-state index in [0.717, 1.165) is 54.5 Å². The second kappa shape index (κ2) is 5.90. The van der Waals surface area contributed by atoms with Crippen molar-refractivity contribution >= 4 is 10.9 Å². The lowest BCUT2D eigenvalue weighted by atomic mass is 9.98. The Kier molecular flexibility index (Phi) is 3.99.